The van der Waals surface area contributed by atoms with Crippen LogP contribution in [0.3, 0.4) is 0 Å². The third-order valence-corrected chi connectivity index (χ3v) is 3.39. The first-order chi connectivity index (χ1) is 7.78. The Morgan fingerprint density at radius 3 is 2.94 bits per heavy atom. The second-order valence-corrected chi connectivity index (χ2v) is 5.09. The zero-order chi connectivity index (χ0) is 11.4. The molecule has 1 heterocycles. The Kier molecular flexibility index (Phi) is 4.58. The van der Waals surface area contributed by atoms with E-state index >= 15 is 0 Å². The summed E-state index contributed by atoms with van der Waals surface area (Å²) < 4.78 is 5.51. The molecule has 0 aromatic carbocycles. The van der Waals surface area contributed by atoms with Gasteiger partial charge in [0.1, 0.15) is 0 Å². The fourth-order valence-corrected chi connectivity index (χ4v) is 2.24. The molecule has 0 bridgehead atoms. The molecular formula is C12H24N2O2. The van der Waals surface area contributed by atoms with Crippen LogP contribution >= 0.6 is 0 Å². The minimum atomic E-state index is 0.260. The van der Waals surface area contributed by atoms with Crippen LogP contribution in [-0.2, 0) is 4.74 Å². The number of aliphatic hydroxyl groups excluding tert-OH is 1. The number of aliphatic hydroxyl groups is 1. The molecule has 94 valence electrons. The second kappa shape index (κ2) is 5.96. The third kappa shape index (κ3) is 4.01. The zero-order valence-corrected chi connectivity index (χ0v) is 10.2. The summed E-state index contributed by atoms with van der Waals surface area (Å²) in [6.07, 6.45) is 3.97. The second-order valence-electron chi connectivity index (χ2n) is 5.09. The van der Waals surface area contributed by atoms with E-state index in [4.69, 9.17) is 4.74 Å². The molecule has 16 heavy (non-hydrogen) atoms. The van der Waals surface area contributed by atoms with Gasteiger partial charge in [-0.1, -0.05) is 0 Å². The number of hydrogen-bond donors (Lipinski definition) is 2. The van der Waals surface area contributed by atoms with Crippen molar-refractivity contribution in [2.75, 3.05) is 32.8 Å². The normalized spacial score (nSPS) is 29.2. The van der Waals surface area contributed by atoms with Gasteiger partial charge in [0.05, 0.1) is 19.3 Å². The summed E-state index contributed by atoms with van der Waals surface area (Å²) in [5.41, 5.74) is 0. The van der Waals surface area contributed by atoms with Gasteiger partial charge in [-0.3, -0.25) is 4.90 Å². The molecule has 0 amide bonds. The van der Waals surface area contributed by atoms with Crippen molar-refractivity contribution in [1.82, 2.24) is 10.2 Å². The largest absolute Gasteiger partial charge is 0.395 e. The lowest BCUT2D eigenvalue weighted by Crippen LogP contribution is -2.44. The van der Waals surface area contributed by atoms with E-state index in [0.29, 0.717) is 12.1 Å². The van der Waals surface area contributed by atoms with Crippen LogP contribution in [0.25, 0.3) is 0 Å². The molecule has 0 aromatic rings. The topological polar surface area (TPSA) is 44.7 Å². The molecule has 4 nitrogen and oxygen atoms in total. The van der Waals surface area contributed by atoms with Gasteiger partial charge in [0.25, 0.3) is 0 Å². The number of morpholine rings is 1. The number of ether oxygens (including phenoxy) is 1. The molecule has 0 aromatic heterocycles. The van der Waals surface area contributed by atoms with Crippen LogP contribution in [0, 0.1) is 0 Å². The standard InChI is InChI=1S/C12H24N2O2/c1-10-8-14(6-7-16-10)5-4-12(9-15)13-11-2-3-11/h10-13,15H,2-9H2,1H3. The van der Waals surface area contributed by atoms with E-state index < -0.39 is 0 Å². The molecule has 2 rings (SSSR count). The number of hydrogen-bond acceptors (Lipinski definition) is 4. The predicted molar refractivity (Wildman–Crippen MR) is 63.5 cm³/mol. The van der Waals surface area contributed by atoms with Gasteiger partial charge >= 0.3 is 0 Å². The highest BCUT2D eigenvalue weighted by Crippen LogP contribution is 2.20. The molecule has 1 saturated heterocycles. The van der Waals surface area contributed by atoms with Crippen LogP contribution in [0.5, 0.6) is 0 Å². The lowest BCUT2D eigenvalue weighted by Gasteiger charge is -2.32. The van der Waals surface area contributed by atoms with E-state index in [2.05, 4.69) is 17.1 Å². The Balaban J connectivity index is 1.63. The average molecular weight is 228 g/mol. The molecule has 2 fully saturated rings. The number of rotatable bonds is 6. The lowest BCUT2D eigenvalue weighted by molar-refractivity contribution is -0.0196. The monoisotopic (exact) mass is 228 g/mol. The van der Waals surface area contributed by atoms with Crippen LogP contribution in [0.1, 0.15) is 26.2 Å². The van der Waals surface area contributed by atoms with E-state index in [9.17, 15) is 5.11 Å². The smallest absolute Gasteiger partial charge is 0.0674 e. The minimum absolute atomic E-state index is 0.260. The van der Waals surface area contributed by atoms with Crippen LogP contribution in [0.15, 0.2) is 0 Å². The first-order valence-corrected chi connectivity index (χ1v) is 6.49. The highest BCUT2D eigenvalue weighted by Gasteiger charge is 2.25. The van der Waals surface area contributed by atoms with Crippen LogP contribution in [0.4, 0.5) is 0 Å². The van der Waals surface area contributed by atoms with E-state index in [-0.39, 0.29) is 12.6 Å². The van der Waals surface area contributed by atoms with Crippen molar-refractivity contribution < 1.29 is 9.84 Å². The van der Waals surface area contributed by atoms with Crippen LogP contribution < -0.4 is 5.32 Å². The van der Waals surface area contributed by atoms with Gasteiger partial charge in [0, 0.05) is 25.2 Å². The maximum Gasteiger partial charge on any atom is 0.0674 e. The fraction of sp³-hybridized carbons (Fsp3) is 1.00. The lowest BCUT2D eigenvalue weighted by atomic mass is 10.2. The first-order valence-electron chi connectivity index (χ1n) is 6.49. The Morgan fingerprint density at radius 2 is 2.31 bits per heavy atom. The van der Waals surface area contributed by atoms with Gasteiger partial charge in [-0.05, 0) is 32.7 Å². The van der Waals surface area contributed by atoms with E-state index in [1.54, 1.807) is 0 Å². The van der Waals surface area contributed by atoms with Crippen molar-refractivity contribution >= 4 is 0 Å². The number of nitrogens with zero attached hydrogens (tertiary/aromatic N) is 1. The Bertz CT molecular complexity index is 205. The Hall–Kier alpha value is -0.160. The van der Waals surface area contributed by atoms with Gasteiger partial charge < -0.3 is 15.2 Å². The molecule has 1 saturated carbocycles. The summed E-state index contributed by atoms with van der Waals surface area (Å²) in [7, 11) is 0. The first kappa shape index (κ1) is 12.3. The van der Waals surface area contributed by atoms with Crippen molar-refractivity contribution in [2.24, 2.45) is 0 Å². The van der Waals surface area contributed by atoms with Crippen molar-refractivity contribution in [3.8, 4) is 0 Å². The van der Waals surface area contributed by atoms with E-state index in [0.717, 1.165) is 32.7 Å². The molecular weight excluding hydrogens is 204 g/mol. The quantitative estimate of drug-likeness (QED) is 0.682. The summed E-state index contributed by atoms with van der Waals surface area (Å²) in [5, 5.41) is 12.8. The minimum Gasteiger partial charge on any atom is -0.395 e. The highest BCUT2D eigenvalue weighted by atomic mass is 16.5. The maximum atomic E-state index is 9.28. The Labute approximate surface area is 98.0 Å². The van der Waals surface area contributed by atoms with Crippen molar-refractivity contribution in [2.45, 2.75) is 44.4 Å². The molecule has 4 heteroatoms. The summed E-state index contributed by atoms with van der Waals surface area (Å²) in [4.78, 5) is 2.44. The molecule has 0 spiro atoms. The fourth-order valence-electron chi connectivity index (χ4n) is 2.24. The molecule has 2 aliphatic rings. The summed E-state index contributed by atoms with van der Waals surface area (Å²) >= 11 is 0. The third-order valence-electron chi connectivity index (χ3n) is 3.39. The van der Waals surface area contributed by atoms with Gasteiger partial charge in [-0.25, -0.2) is 0 Å². The predicted octanol–water partition coefficient (Wildman–Crippen LogP) is 0.210. The molecule has 2 N–H and O–H groups in total. The summed E-state index contributed by atoms with van der Waals surface area (Å²) in [6, 6.07) is 0.964. The van der Waals surface area contributed by atoms with Gasteiger partial charge in [-0.2, -0.15) is 0 Å². The zero-order valence-electron chi connectivity index (χ0n) is 10.2. The molecule has 0 radical (unpaired) electrons. The molecule has 2 unspecified atom stereocenters. The average Bonchev–Trinajstić information content (AvgIpc) is 3.08. The number of nitrogens with one attached hydrogen (secondary N) is 1. The molecule has 1 aliphatic carbocycles. The summed E-state index contributed by atoms with van der Waals surface area (Å²) in [6.45, 7) is 6.36. The van der Waals surface area contributed by atoms with Crippen LogP contribution in [0.2, 0.25) is 0 Å². The molecule has 1 aliphatic heterocycles. The highest BCUT2D eigenvalue weighted by molar-refractivity contribution is 4.85. The van der Waals surface area contributed by atoms with E-state index in [1.165, 1.54) is 12.8 Å². The Morgan fingerprint density at radius 1 is 1.50 bits per heavy atom. The van der Waals surface area contributed by atoms with Gasteiger partial charge in [0.15, 0.2) is 0 Å². The van der Waals surface area contributed by atoms with E-state index in [1.807, 2.05) is 0 Å². The summed E-state index contributed by atoms with van der Waals surface area (Å²) in [5.74, 6) is 0. The van der Waals surface area contributed by atoms with Crippen molar-refractivity contribution in [1.29, 1.82) is 0 Å². The van der Waals surface area contributed by atoms with Crippen LogP contribution in [-0.4, -0.2) is 61.0 Å². The SMILES string of the molecule is CC1CN(CCC(CO)NC2CC2)CCO1. The van der Waals surface area contributed by atoms with Gasteiger partial charge in [0.2, 0.25) is 0 Å². The van der Waals surface area contributed by atoms with Gasteiger partial charge in [-0.15, -0.1) is 0 Å². The maximum absolute atomic E-state index is 9.28. The van der Waals surface area contributed by atoms with Crippen molar-refractivity contribution in [3.63, 3.8) is 0 Å². The van der Waals surface area contributed by atoms with Crippen molar-refractivity contribution in [3.05, 3.63) is 0 Å². The molecule has 2 atom stereocenters.